The van der Waals surface area contributed by atoms with E-state index in [0.29, 0.717) is 6.61 Å². The molecule has 0 saturated carbocycles. The summed E-state index contributed by atoms with van der Waals surface area (Å²) in [5.74, 6) is -0.879. The summed E-state index contributed by atoms with van der Waals surface area (Å²) in [5, 5.41) is 11.3. The Balaban J connectivity index is 4.09. The summed E-state index contributed by atoms with van der Waals surface area (Å²) in [6.45, 7) is 1.98. The number of nitriles is 1. The van der Waals surface area contributed by atoms with Gasteiger partial charge in [-0.2, -0.15) is 5.26 Å². The van der Waals surface area contributed by atoms with Crippen molar-refractivity contribution in [3.63, 3.8) is 0 Å². The standard InChI is InChI=1S/C5H7N3O2/c1-2-10-8-4(3-6)5(7)9/h2H2,1H3,(H2,7,9)/b8-4-. The fourth-order valence-electron chi connectivity index (χ4n) is 0.250. The van der Waals surface area contributed by atoms with Gasteiger partial charge in [0.25, 0.3) is 5.91 Å². The van der Waals surface area contributed by atoms with Crippen molar-refractivity contribution < 1.29 is 9.63 Å². The summed E-state index contributed by atoms with van der Waals surface area (Å²) in [4.78, 5) is 14.6. The van der Waals surface area contributed by atoms with E-state index in [1.54, 1.807) is 6.92 Å². The summed E-state index contributed by atoms with van der Waals surface area (Å²) < 4.78 is 0. The van der Waals surface area contributed by atoms with Crippen LogP contribution in [-0.4, -0.2) is 18.2 Å². The quantitative estimate of drug-likeness (QED) is 0.420. The lowest BCUT2D eigenvalue weighted by Gasteiger charge is -1.90. The number of hydrogen-bond donors (Lipinski definition) is 1. The first-order chi connectivity index (χ1) is 4.72. The van der Waals surface area contributed by atoms with E-state index in [2.05, 4.69) is 9.99 Å². The molecule has 0 aliphatic heterocycles. The molecule has 1 amide bonds. The molecule has 0 aliphatic carbocycles. The van der Waals surface area contributed by atoms with Crippen molar-refractivity contribution in [1.29, 1.82) is 5.26 Å². The number of carbonyl (C=O) groups is 1. The van der Waals surface area contributed by atoms with E-state index in [-0.39, 0.29) is 0 Å². The summed E-state index contributed by atoms with van der Waals surface area (Å²) in [6, 6.07) is 1.49. The highest BCUT2D eigenvalue weighted by molar-refractivity contribution is 6.44. The number of carbonyl (C=O) groups excluding carboxylic acids is 1. The molecule has 0 atom stereocenters. The molecule has 0 rings (SSSR count). The van der Waals surface area contributed by atoms with Gasteiger partial charge < -0.3 is 10.6 Å². The molecule has 5 nitrogen and oxygen atoms in total. The Morgan fingerprint density at radius 2 is 2.50 bits per heavy atom. The number of hydrogen-bond acceptors (Lipinski definition) is 4. The van der Waals surface area contributed by atoms with E-state index >= 15 is 0 Å². The third-order valence-corrected chi connectivity index (χ3v) is 0.624. The topological polar surface area (TPSA) is 88.5 Å². The van der Waals surface area contributed by atoms with Crippen molar-refractivity contribution in [1.82, 2.24) is 0 Å². The first kappa shape index (κ1) is 8.43. The molecule has 10 heavy (non-hydrogen) atoms. The zero-order chi connectivity index (χ0) is 7.98. The molecular weight excluding hydrogens is 134 g/mol. The minimum Gasteiger partial charge on any atom is -0.395 e. The fourth-order valence-corrected chi connectivity index (χ4v) is 0.250. The van der Waals surface area contributed by atoms with Gasteiger partial charge in [-0.15, -0.1) is 0 Å². The lowest BCUT2D eigenvalue weighted by Crippen LogP contribution is -2.21. The molecule has 0 heterocycles. The first-order valence-electron chi connectivity index (χ1n) is 2.62. The monoisotopic (exact) mass is 141 g/mol. The van der Waals surface area contributed by atoms with Crippen molar-refractivity contribution in [2.45, 2.75) is 6.92 Å². The van der Waals surface area contributed by atoms with Gasteiger partial charge >= 0.3 is 0 Å². The van der Waals surface area contributed by atoms with Crippen LogP contribution < -0.4 is 5.73 Å². The van der Waals surface area contributed by atoms with E-state index in [9.17, 15) is 4.79 Å². The highest BCUT2D eigenvalue weighted by Gasteiger charge is 2.04. The molecule has 0 spiro atoms. The van der Waals surface area contributed by atoms with Crippen LogP contribution in [0, 0.1) is 11.3 Å². The lowest BCUT2D eigenvalue weighted by molar-refractivity contribution is -0.112. The Morgan fingerprint density at radius 1 is 1.90 bits per heavy atom. The second kappa shape index (κ2) is 4.32. The Morgan fingerprint density at radius 3 is 2.80 bits per heavy atom. The van der Waals surface area contributed by atoms with Crippen LogP contribution in [0.15, 0.2) is 5.16 Å². The number of nitrogens with two attached hydrogens (primary N) is 1. The largest absolute Gasteiger partial charge is 0.395 e. The molecule has 5 heteroatoms. The molecule has 0 saturated heterocycles. The molecule has 0 aromatic carbocycles. The summed E-state index contributed by atoms with van der Waals surface area (Å²) in [6.07, 6.45) is 0. The summed E-state index contributed by atoms with van der Waals surface area (Å²) >= 11 is 0. The third-order valence-electron chi connectivity index (χ3n) is 0.624. The van der Waals surface area contributed by atoms with Crippen LogP contribution in [0.3, 0.4) is 0 Å². The molecule has 54 valence electrons. The molecule has 0 radical (unpaired) electrons. The van der Waals surface area contributed by atoms with E-state index < -0.39 is 11.6 Å². The highest BCUT2D eigenvalue weighted by Crippen LogP contribution is 1.78. The van der Waals surface area contributed by atoms with Crippen LogP contribution in [0.5, 0.6) is 0 Å². The maximum atomic E-state index is 10.2. The Labute approximate surface area is 58.1 Å². The van der Waals surface area contributed by atoms with E-state index in [4.69, 9.17) is 11.0 Å². The average Bonchev–Trinajstić information content (AvgIpc) is 1.89. The van der Waals surface area contributed by atoms with Gasteiger partial charge in [-0.3, -0.25) is 4.79 Å². The van der Waals surface area contributed by atoms with Gasteiger partial charge in [0.1, 0.15) is 12.7 Å². The molecule has 0 aromatic rings. The molecule has 0 unspecified atom stereocenters. The van der Waals surface area contributed by atoms with E-state index in [0.717, 1.165) is 0 Å². The van der Waals surface area contributed by atoms with Crippen LogP contribution in [-0.2, 0) is 9.63 Å². The highest BCUT2D eigenvalue weighted by atomic mass is 16.6. The zero-order valence-electron chi connectivity index (χ0n) is 5.50. The first-order valence-corrected chi connectivity index (χ1v) is 2.62. The van der Waals surface area contributed by atoms with Crippen LogP contribution in [0.25, 0.3) is 0 Å². The number of rotatable bonds is 3. The van der Waals surface area contributed by atoms with Crippen LogP contribution in [0.4, 0.5) is 0 Å². The summed E-state index contributed by atoms with van der Waals surface area (Å²) in [7, 11) is 0. The number of nitrogens with zero attached hydrogens (tertiary/aromatic N) is 2. The van der Waals surface area contributed by atoms with Crippen LogP contribution >= 0.6 is 0 Å². The average molecular weight is 141 g/mol. The molecule has 0 bridgehead atoms. The van der Waals surface area contributed by atoms with E-state index in [1.807, 2.05) is 0 Å². The Bertz CT molecular complexity index is 192. The van der Waals surface area contributed by atoms with Crippen molar-refractivity contribution in [2.75, 3.05) is 6.61 Å². The van der Waals surface area contributed by atoms with Gasteiger partial charge in [0.05, 0.1) is 0 Å². The van der Waals surface area contributed by atoms with Crippen molar-refractivity contribution in [3.8, 4) is 6.07 Å². The van der Waals surface area contributed by atoms with Crippen molar-refractivity contribution in [2.24, 2.45) is 10.9 Å². The van der Waals surface area contributed by atoms with Gasteiger partial charge in [0, 0.05) is 0 Å². The number of oxime groups is 1. The minimum absolute atomic E-state index is 0.304. The SMILES string of the molecule is CCO/N=C(/C#N)C(N)=O. The smallest absolute Gasteiger partial charge is 0.281 e. The molecule has 0 aliphatic rings. The van der Waals surface area contributed by atoms with Gasteiger partial charge in [-0.05, 0) is 6.92 Å². The lowest BCUT2D eigenvalue weighted by atomic mass is 10.4. The Kier molecular flexibility index (Phi) is 3.64. The molecule has 2 N–H and O–H groups in total. The molecule has 0 fully saturated rings. The van der Waals surface area contributed by atoms with Crippen LogP contribution in [0.2, 0.25) is 0 Å². The number of primary amides is 1. The molecular formula is C5H7N3O2. The van der Waals surface area contributed by atoms with Gasteiger partial charge in [-0.25, -0.2) is 0 Å². The minimum atomic E-state index is -0.879. The second-order valence-electron chi connectivity index (χ2n) is 1.33. The van der Waals surface area contributed by atoms with Gasteiger partial charge in [0.2, 0.25) is 5.71 Å². The fraction of sp³-hybridized carbons (Fsp3) is 0.400. The Hall–Kier alpha value is -1.57. The predicted molar refractivity (Wildman–Crippen MR) is 33.9 cm³/mol. The van der Waals surface area contributed by atoms with Crippen LogP contribution in [0.1, 0.15) is 6.92 Å². The predicted octanol–water partition coefficient (Wildman–Crippen LogP) is -0.612. The zero-order valence-corrected chi connectivity index (χ0v) is 5.50. The van der Waals surface area contributed by atoms with Crippen molar-refractivity contribution in [3.05, 3.63) is 0 Å². The normalized spacial score (nSPS) is 10.2. The van der Waals surface area contributed by atoms with Gasteiger partial charge in [0.15, 0.2) is 0 Å². The van der Waals surface area contributed by atoms with Gasteiger partial charge in [-0.1, -0.05) is 5.16 Å². The van der Waals surface area contributed by atoms with Crippen molar-refractivity contribution >= 4 is 11.6 Å². The second-order valence-corrected chi connectivity index (χ2v) is 1.33. The maximum absolute atomic E-state index is 10.2. The van der Waals surface area contributed by atoms with E-state index in [1.165, 1.54) is 6.07 Å². The molecule has 0 aromatic heterocycles. The number of amides is 1. The third kappa shape index (κ3) is 2.67. The summed E-state index contributed by atoms with van der Waals surface area (Å²) in [5.41, 5.74) is 4.30. The maximum Gasteiger partial charge on any atom is 0.281 e.